The van der Waals surface area contributed by atoms with Crippen LogP contribution >= 0.6 is 0 Å². The van der Waals surface area contributed by atoms with Gasteiger partial charge in [0.05, 0.1) is 6.61 Å². The zero-order chi connectivity index (χ0) is 15.9. The van der Waals surface area contributed by atoms with Crippen molar-refractivity contribution in [1.82, 2.24) is 0 Å². The Bertz CT molecular complexity index is 488. The molecule has 0 aliphatic rings. The third-order valence-corrected chi connectivity index (χ3v) is 2.57. The zero-order valence-corrected chi connectivity index (χ0v) is 12.7. The van der Waals surface area contributed by atoms with Crippen LogP contribution in [0, 0.1) is 0 Å². The minimum Gasteiger partial charge on any atom is -0.493 e. The van der Waals surface area contributed by atoms with Crippen LogP contribution in [0.1, 0.15) is 50.4 Å². The van der Waals surface area contributed by atoms with E-state index >= 15 is 0 Å². The smallest absolute Gasteiger partial charge is 0.339 e. The van der Waals surface area contributed by atoms with Crippen LogP contribution in [0.3, 0.4) is 0 Å². The summed E-state index contributed by atoms with van der Waals surface area (Å²) in [5.74, 6) is -0.893. The molecule has 0 fully saturated rings. The lowest BCUT2D eigenvalue weighted by Crippen LogP contribution is -2.23. The van der Waals surface area contributed by atoms with Crippen molar-refractivity contribution >= 4 is 11.9 Å². The molecular weight excluding hydrogens is 272 g/mol. The molecule has 0 aliphatic carbocycles. The van der Waals surface area contributed by atoms with Crippen molar-refractivity contribution in [3.05, 3.63) is 29.8 Å². The summed E-state index contributed by atoms with van der Waals surface area (Å²) >= 11 is 0. The van der Waals surface area contributed by atoms with Crippen LogP contribution in [-0.2, 0) is 9.53 Å². The third-order valence-electron chi connectivity index (χ3n) is 2.57. The molecular formula is C16H22O5. The molecule has 21 heavy (non-hydrogen) atoms. The van der Waals surface area contributed by atoms with Crippen LogP contribution < -0.4 is 4.74 Å². The predicted octanol–water partition coefficient (Wildman–Crippen LogP) is 3.28. The van der Waals surface area contributed by atoms with Crippen molar-refractivity contribution in [3.8, 4) is 5.75 Å². The third kappa shape index (κ3) is 6.79. The number of carbonyl (C=O) groups excluding carboxylic acids is 1. The van der Waals surface area contributed by atoms with Gasteiger partial charge in [-0.15, -0.1) is 0 Å². The summed E-state index contributed by atoms with van der Waals surface area (Å²) in [5, 5.41) is 9.01. The van der Waals surface area contributed by atoms with E-state index in [9.17, 15) is 9.59 Å². The highest BCUT2D eigenvalue weighted by Gasteiger charge is 2.15. The lowest BCUT2D eigenvalue weighted by Gasteiger charge is -2.19. The van der Waals surface area contributed by atoms with Crippen molar-refractivity contribution in [2.75, 3.05) is 6.61 Å². The van der Waals surface area contributed by atoms with Gasteiger partial charge in [0, 0.05) is 6.42 Å². The van der Waals surface area contributed by atoms with Gasteiger partial charge in [-0.3, -0.25) is 4.79 Å². The lowest BCUT2D eigenvalue weighted by molar-refractivity contribution is -0.154. The van der Waals surface area contributed by atoms with Crippen molar-refractivity contribution in [2.45, 2.75) is 45.6 Å². The summed E-state index contributed by atoms with van der Waals surface area (Å²) in [7, 11) is 0. The van der Waals surface area contributed by atoms with Gasteiger partial charge in [-0.05, 0) is 45.7 Å². The molecule has 1 N–H and O–H groups in total. The molecule has 0 amide bonds. The number of esters is 1. The van der Waals surface area contributed by atoms with Gasteiger partial charge in [0.25, 0.3) is 0 Å². The standard InChI is InChI=1S/C16H22O5/c1-16(2,3)21-14(17)10-6-7-11-20-13-9-5-4-8-12(13)15(18)19/h4-5,8-9H,6-7,10-11H2,1-3H3,(H,18,19). The van der Waals surface area contributed by atoms with Crippen LogP contribution in [0.2, 0.25) is 0 Å². The number of carboxylic acids is 1. The summed E-state index contributed by atoms with van der Waals surface area (Å²) in [4.78, 5) is 22.5. The Labute approximate surface area is 124 Å². The van der Waals surface area contributed by atoms with Crippen molar-refractivity contribution in [3.63, 3.8) is 0 Å². The largest absolute Gasteiger partial charge is 0.493 e. The number of rotatable bonds is 7. The van der Waals surface area contributed by atoms with E-state index in [0.717, 1.165) is 0 Å². The van der Waals surface area contributed by atoms with E-state index in [2.05, 4.69) is 0 Å². The van der Waals surface area contributed by atoms with Crippen LogP contribution in [0.15, 0.2) is 24.3 Å². The number of para-hydroxylation sites is 1. The van der Waals surface area contributed by atoms with Gasteiger partial charge in [0.15, 0.2) is 0 Å². The Morgan fingerprint density at radius 3 is 2.43 bits per heavy atom. The second-order valence-corrected chi connectivity index (χ2v) is 5.69. The zero-order valence-electron chi connectivity index (χ0n) is 12.7. The van der Waals surface area contributed by atoms with Gasteiger partial charge >= 0.3 is 11.9 Å². The summed E-state index contributed by atoms with van der Waals surface area (Å²) in [6.07, 6.45) is 1.64. The lowest BCUT2D eigenvalue weighted by atomic mass is 10.2. The van der Waals surface area contributed by atoms with Gasteiger partial charge in [0.2, 0.25) is 0 Å². The number of aromatic carboxylic acids is 1. The first-order valence-corrected chi connectivity index (χ1v) is 6.96. The van der Waals surface area contributed by atoms with Crippen molar-refractivity contribution in [2.24, 2.45) is 0 Å². The number of unbranched alkanes of at least 4 members (excludes halogenated alkanes) is 1. The Morgan fingerprint density at radius 2 is 1.81 bits per heavy atom. The van der Waals surface area contributed by atoms with Crippen LogP contribution in [0.4, 0.5) is 0 Å². The fourth-order valence-corrected chi connectivity index (χ4v) is 1.72. The summed E-state index contributed by atoms with van der Waals surface area (Å²) < 4.78 is 10.6. The minimum atomic E-state index is -1.01. The Hall–Kier alpha value is -2.04. The molecule has 1 aromatic rings. The number of hydrogen-bond acceptors (Lipinski definition) is 4. The van der Waals surface area contributed by atoms with Gasteiger partial charge < -0.3 is 14.6 Å². The van der Waals surface area contributed by atoms with E-state index < -0.39 is 11.6 Å². The molecule has 1 rings (SSSR count). The van der Waals surface area contributed by atoms with Crippen molar-refractivity contribution < 1.29 is 24.2 Å². The fraction of sp³-hybridized carbons (Fsp3) is 0.500. The SMILES string of the molecule is CC(C)(C)OC(=O)CCCCOc1ccccc1C(=O)O. The van der Waals surface area contributed by atoms with E-state index in [1.54, 1.807) is 18.2 Å². The highest BCUT2D eigenvalue weighted by atomic mass is 16.6. The highest BCUT2D eigenvalue weighted by Crippen LogP contribution is 2.18. The Morgan fingerprint density at radius 1 is 1.14 bits per heavy atom. The van der Waals surface area contributed by atoms with Gasteiger partial charge in [-0.1, -0.05) is 12.1 Å². The van der Waals surface area contributed by atoms with E-state index in [0.29, 0.717) is 31.6 Å². The van der Waals surface area contributed by atoms with Crippen molar-refractivity contribution in [1.29, 1.82) is 0 Å². The maximum atomic E-state index is 11.5. The second-order valence-electron chi connectivity index (χ2n) is 5.69. The first kappa shape index (κ1) is 17.0. The molecule has 0 spiro atoms. The maximum absolute atomic E-state index is 11.5. The molecule has 0 aromatic heterocycles. The molecule has 0 saturated heterocycles. The summed E-state index contributed by atoms with van der Waals surface area (Å²) in [5.41, 5.74) is -0.321. The molecule has 5 heteroatoms. The number of ether oxygens (including phenoxy) is 2. The highest BCUT2D eigenvalue weighted by molar-refractivity contribution is 5.90. The summed E-state index contributed by atoms with van der Waals surface area (Å²) in [6.45, 7) is 5.86. The molecule has 0 atom stereocenters. The number of benzene rings is 1. The molecule has 116 valence electrons. The van der Waals surface area contributed by atoms with Gasteiger partial charge in [-0.25, -0.2) is 4.79 Å². The maximum Gasteiger partial charge on any atom is 0.339 e. The van der Waals surface area contributed by atoms with Gasteiger partial charge in [0.1, 0.15) is 16.9 Å². The topological polar surface area (TPSA) is 72.8 Å². The van der Waals surface area contributed by atoms with Gasteiger partial charge in [-0.2, -0.15) is 0 Å². The molecule has 1 aromatic carbocycles. The molecule has 0 unspecified atom stereocenters. The van der Waals surface area contributed by atoms with E-state index in [-0.39, 0.29) is 11.5 Å². The van der Waals surface area contributed by atoms with E-state index in [1.165, 1.54) is 6.07 Å². The molecule has 0 aliphatic heterocycles. The Balaban J connectivity index is 2.29. The number of hydrogen-bond donors (Lipinski definition) is 1. The second kappa shape index (κ2) is 7.67. The molecule has 0 bridgehead atoms. The first-order chi connectivity index (χ1) is 9.79. The normalized spacial score (nSPS) is 11.0. The predicted molar refractivity (Wildman–Crippen MR) is 78.6 cm³/mol. The fourth-order valence-electron chi connectivity index (χ4n) is 1.72. The number of carbonyl (C=O) groups is 2. The average molecular weight is 294 g/mol. The van der Waals surface area contributed by atoms with Crippen LogP contribution in [0.25, 0.3) is 0 Å². The molecule has 0 saturated carbocycles. The molecule has 5 nitrogen and oxygen atoms in total. The van der Waals surface area contributed by atoms with E-state index in [1.807, 2.05) is 20.8 Å². The number of carboxylic acid groups (broad SMARTS) is 1. The molecule has 0 heterocycles. The van der Waals surface area contributed by atoms with Crippen LogP contribution in [-0.4, -0.2) is 29.3 Å². The summed E-state index contributed by atoms with van der Waals surface area (Å²) in [6, 6.07) is 6.50. The minimum absolute atomic E-state index is 0.143. The monoisotopic (exact) mass is 294 g/mol. The average Bonchev–Trinajstić information content (AvgIpc) is 2.36. The first-order valence-electron chi connectivity index (χ1n) is 6.96. The quantitative estimate of drug-likeness (QED) is 0.617. The van der Waals surface area contributed by atoms with Crippen LogP contribution in [0.5, 0.6) is 5.75 Å². The molecule has 0 radical (unpaired) electrons. The van der Waals surface area contributed by atoms with E-state index in [4.69, 9.17) is 14.6 Å². The Kier molecular flexibility index (Phi) is 6.21.